The molecule has 0 aliphatic heterocycles. The van der Waals surface area contributed by atoms with Crippen molar-refractivity contribution in [1.29, 1.82) is 0 Å². The summed E-state index contributed by atoms with van der Waals surface area (Å²) in [6.07, 6.45) is -6.05. The number of alkyl carbamates (subject to hydrolysis) is 1. The van der Waals surface area contributed by atoms with Crippen LogP contribution in [0.15, 0.2) is 0 Å². The molecule has 0 saturated carbocycles. The Morgan fingerprint density at radius 1 is 1.05 bits per heavy atom. The molecule has 0 rings (SSSR count). The number of methoxy groups -OCH3 is 1. The van der Waals surface area contributed by atoms with Crippen LogP contribution in [0.4, 0.5) is 18.0 Å². The van der Waals surface area contributed by atoms with Gasteiger partial charge in [-0.3, -0.25) is 0 Å². The second-order valence-corrected chi connectivity index (χ2v) is 5.86. The van der Waals surface area contributed by atoms with Crippen molar-refractivity contribution in [3.8, 4) is 0 Å². The molecule has 0 heterocycles. The van der Waals surface area contributed by atoms with E-state index < -0.39 is 35.3 Å². The third-order valence-electron chi connectivity index (χ3n) is 2.60. The predicted molar refractivity (Wildman–Crippen MR) is 65.0 cm³/mol. The number of halogens is 3. The molecule has 0 aromatic carbocycles. The van der Waals surface area contributed by atoms with Gasteiger partial charge in [0, 0.05) is 0 Å². The Morgan fingerprint density at radius 3 is 1.80 bits per heavy atom. The first-order valence-electron chi connectivity index (χ1n) is 5.86. The molecular formula is C12H20F3NO4. The molecule has 0 aliphatic carbocycles. The maximum absolute atomic E-state index is 12.6. The van der Waals surface area contributed by atoms with Gasteiger partial charge >= 0.3 is 18.2 Å². The van der Waals surface area contributed by atoms with Crippen LogP contribution in [0.5, 0.6) is 0 Å². The van der Waals surface area contributed by atoms with Gasteiger partial charge in [-0.05, 0) is 19.3 Å². The summed E-state index contributed by atoms with van der Waals surface area (Å²) >= 11 is 0. The average Bonchev–Trinajstić information content (AvgIpc) is 2.21. The van der Waals surface area contributed by atoms with Gasteiger partial charge in [0.2, 0.25) is 5.60 Å². The average molecular weight is 299 g/mol. The fourth-order valence-corrected chi connectivity index (χ4v) is 1.18. The van der Waals surface area contributed by atoms with Gasteiger partial charge in [-0.1, -0.05) is 20.8 Å². The zero-order chi connectivity index (χ0) is 16.4. The van der Waals surface area contributed by atoms with Crippen molar-refractivity contribution in [2.24, 2.45) is 5.41 Å². The lowest BCUT2D eigenvalue weighted by Crippen LogP contribution is -2.53. The maximum Gasteiger partial charge on any atom is 0.427 e. The Kier molecular flexibility index (Phi) is 5.45. The number of hydrogen-bond donors (Lipinski definition) is 1. The molecular weight excluding hydrogens is 279 g/mol. The predicted octanol–water partition coefficient (Wildman–Crippen LogP) is 2.64. The van der Waals surface area contributed by atoms with Crippen molar-refractivity contribution in [2.45, 2.75) is 52.4 Å². The lowest BCUT2D eigenvalue weighted by molar-refractivity contribution is -0.244. The molecule has 20 heavy (non-hydrogen) atoms. The second kappa shape index (κ2) is 5.88. The van der Waals surface area contributed by atoms with Crippen LogP contribution in [0.3, 0.4) is 0 Å². The molecule has 0 radical (unpaired) electrons. The Morgan fingerprint density at radius 2 is 1.50 bits per heavy atom. The van der Waals surface area contributed by atoms with E-state index in [0.29, 0.717) is 0 Å². The lowest BCUT2D eigenvalue weighted by Gasteiger charge is -2.32. The smallest absolute Gasteiger partial charge is 0.427 e. The number of esters is 1. The van der Waals surface area contributed by atoms with Gasteiger partial charge in [0.05, 0.1) is 7.11 Å². The molecule has 0 fully saturated rings. The highest BCUT2D eigenvalue weighted by Gasteiger charge is 2.51. The van der Waals surface area contributed by atoms with Crippen LogP contribution in [-0.2, 0) is 14.3 Å². The van der Waals surface area contributed by atoms with Gasteiger partial charge in [0.1, 0.15) is 6.04 Å². The summed E-state index contributed by atoms with van der Waals surface area (Å²) in [7, 11) is 1.12. The van der Waals surface area contributed by atoms with Crippen LogP contribution >= 0.6 is 0 Å². The summed E-state index contributed by atoms with van der Waals surface area (Å²) in [5, 5.41) is 2.10. The van der Waals surface area contributed by atoms with Gasteiger partial charge < -0.3 is 14.8 Å². The molecule has 1 amide bonds. The maximum atomic E-state index is 12.6. The molecule has 0 aromatic rings. The lowest BCUT2D eigenvalue weighted by atomic mass is 9.87. The highest BCUT2D eigenvalue weighted by molar-refractivity contribution is 5.82. The Hall–Kier alpha value is -1.47. The monoisotopic (exact) mass is 299 g/mol. The van der Waals surface area contributed by atoms with Crippen molar-refractivity contribution in [3.63, 3.8) is 0 Å². The van der Waals surface area contributed by atoms with Crippen molar-refractivity contribution >= 4 is 12.1 Å². The molecule has 8 heteroatoms. The highest BCUT2D eigenvalue weighted by Crippen LogP contribution is 2.33. The van der Waals surface area contributed by atoms with Crippen LogP contribution in [0.25, 0.3) is 0 Å². The molecule has 5 nitrogen and oxygen atoms in total. The summed E-state index contributed by atoms with van der Waals surface area (Å²) in [6.45, 7) is 6.32. The summed E-state index contributed by atoms with van der Waals surface area (Å²) in [5.41, 5.74) is -3.40. The van der Waals surface area contributed by atoms with E-state index >= 15 is 0 Å². The number of hydrogen-bond acceptors (Lipinski definition) is 4. The van der Waals surface area contributed by atoms with Gasteiger partial charge in [-0.2, -0.15) is 13.2 Å². The number of rotatable bonds is 3. The zero-order valence-corrected chi connectivity index (χ0v) is 12.3. The Labute approximate surface area is 115 Å². The summed E-state index contributed by atoms with van der Waals surface area (Å²) in [6, 6.07) is -1.12. The zero-order valence-electron chi connectivity index (χ0n) is 12.3. The van der Waals surface area contributed by atoms with Gasteiger partial charge in [-0.25, -0.2) is 9.59 Å². The minimum atomic E-state index is -4.72. The van der Waals surface area contributed by atoms with E-state index in [1.807, 2.05) is 0 Å². The largest absolute Gasteiger partial charge is 0.467 e. The van der Waals surface area contributed by atoms with Gasteiger partial charge in [0.15, 0.2) is 0 Å². The molecule has 0 bridgehead atoms. The van der Waals surface area contributed by atoms with E-state index in [-0.39, 0.29) is 0 Å². The first kappa shape index (κ1) is 18.5. The molecule has 0 aliphatic rings. The van der Waals surface area contributed by atoms with E-state index in [2.05, 4.69) is 14.8 Å². The van der Waals surface area contributed by atoms with Gasteiger partial charge in [-0.15, -0.1) is 0 Å². The number of carbonyl (C=O) groups is 2. The van der Waals surface area contributed by atoms with E-state index in [1.165, 1.54) is 0 Å². The summed E-state index contributed by atoms with van der Waals surface area (Å²) < 4.78 is 46.6. The van der Waals surface area contributed by atoms with Gasteiger partial charge in [0.25, 0.3) is 0 Å². The number of carbonyl (C=O) groups excluding carboxylic acids is 2. The standard InChI is InChI=1S/C12H20F3NO4/c1-10(2,3)7(8(17)19-6)16-9(18)20-11(4,5)12(13,14)15/h7H,1-6H3,(H,16,18). The Bertz CT molecular complexity index is 372. The van der Waals surface area contributed by atoms with E-state index in [9.17, 15) is 22.8 Å². The molecule has 0 spiro atoms. The van der Waals surface area contributed by atoms with E-state index in [4.69, 9.17) is 0 Å². The minimum absolute atomic E-state index is 0.719. The number of amides is 1. The van der Waals surface area contributed by atoms with Crippen LogP contribution < -0.4 is 5.32 Å². The third kappa shape index (κ3) is 4.90. The molecule has 118 valence electrons. The highest BCUT2D eigenvalue weighted by atomic mass is 19.4. The normalized spacial score (nSPS) is 14.4. The fourth-order valence-electron chi connectivity index (χ4n) is 1.18. The number of ether oxygens (including phenoxy) is 2. The first-order chi connectivity index (χ1) is 8.72. The SMILES string of the molecule is COC(=O)C(NC(=O)OC(C)(C)C(F)(F)F)C(C)(C)C. The van der Waals surface area contributed by atoms with Crippen molar-refractivity contribution in [2.75, 3.05) is 7.11 Å². The first-order valence-corrected chi connectivity index (χ1v) is 5.86. The topological polar surface area (TPSA) is 64.6 Å². The number of nitrogens with one attached hydrogen (secondary N) is 1. The third-order valence-corrected chi connectivity index (χ3v) is 2.60. The van der Waals surface area contributed by atoms with E-state index in [1.54, 1.807) is 20.8 Å². The molecule has 1 unspecified atom stereocenters. The second-order valence-electron chi connectivity index (χ2n) is 5.86. The fraction of sp³-hybridized carbons (Fsp3) is 0.833. The summed E-state index contributed by atoms with van der Waals surface area (Å²) in [4.78, 5) is 23.1. The Balaban J connectivity index is 4.93. The molecule has 0 saturated heterocycles. The van der Waals surface area contributed by atoms with Crippen molar-refractivity contribution in [3.05, 3.63) is 0 Å². The quantitative estimate of drug-likeness (QED) is 0.814. The van der Waals surface area contributed by atoms with Crippen LogP contribution in [0.1, 0.15) is 34.6 Å². The van der Waals surface area contributed by atoms with E-state index in [0.717, 1.165) is 21.0 Å². The number of alkyl halides is 3. The van der Waals surface area contributed by atoms with Crippen molar-refractivity contribution in [1.82, 2.24) is 5.32 Å². The minimum Gasteiger partial charge on any atom is -0.467 e. The molecule has 0 aromatic heterocycles. The summed E-state index contributed by atoms with van der Waals surface area (Å²) in [5.74, 6) is -0.765. The van der Waals surface area contributed by atoms with Crippen LogP contribution in [-0.4, -0.2) is 37.0 Å². The van der Waals surface area contributed by atoms with Crippen LogP contribution in [0, 0.1) is 5.41 Å². The molecule has 1 N–H and O–H groups in total. The molecule has 1 atom stereocenters. The van der Waals surface area contributed by atoms with Crippen LogP contribution in [0.2, 0.25) is 0 Å². The van der Waals surface area contributed by atoms with Crippen molar-refractivity contribution < 1.29 is 32.2 Å².